The SMILES string of the molecule is OC(CNc1nc(NCC(O)c2ccccc2F)nc(NC2CC2)n1)c1ccccc1F. The number of nitrogens with zero attached hydrogens (tertiary/aromatic N) is 3. The summed E-state index contributed by atoms with van der Waals surface area (Å²) in [4.78, 5) is 12.8. The smallest absolute Gasteiger partial charge is 0.229 e. The van der Waals surface area contributed by atoms with Crippen LogP contribution in [0.15, 0.2) is 48.5 Å². The second-order valence-corrected chi connectivity index (χ2v) is 7.56. The predicted octanol–water partition coefficient (Wildman–Crippen LogP) is 3.02. The Morgan fingerprint density at radius 1 is 0.750 bits per heavy atom. The highest BCUT2D eigenvalue weighted by atomic mass is 19.1. The molecule has 1 saturated carbocycles. The standard InChI is InChI=1S/C22H24F2N6O2/c23-16-7-3-1-5-14(16)18(31)11-25-20-28-21(30-22(29-20)27-13-9-10-13)26-12-19(32)15-6-2-4-8-17(15)24/h1-8,13,18-19,31-32H,9-12H2,(H3,25,26,27,28,29,30). The summed E-state index contributed by atoms with van der Waals surface area (Å²) in [7, 11) is 0. The summed E-state index contributed by atoms with van der Waals surface area (Å²) in [6.07, 6.45) is -0.191. The van der Waals surface area contributed by atoms with Crippen molar-refractivity contribution in [3.63, 3.8) is 0 Å². The molecule has 2 atom stereocenters. The number of aliphatic hydroxyl groups is 2. The molecule has 0 aliphatic heterocycles. The molecule has 0 spiro atoms. The Labute approximate surface area is 183 Å². The van der Waals surface area contributed by atoms with E-state index in [0.29, 0.717) is 5.95 Å². The van der Waals surface area contributed by atoms with Crippen LogP contribution in [0.5, 0.6) is 0 Å². The largest absolute Gasteiger partial charge is 0.386 e. The third-order valence-electron chi connectivity index (χ3n) is 4.98. The first-order valence-electron chi connectivity index (χ1n) is 10.3. The van der Waals surface area contributed by atoms with Crippen LogP contribution in [0.4, 0.5) is 26.6 Å². The van der Waals surface area contributed by atoms with E-state index in [1.807, 2.05) is 0 Å². The monoisotopic (exact) mass is 442 g/mol. The summed E-state index contributed by atoms with van der Waals surface area (Å²) in [6, 6.07) is 12.2. The van der Waals surface area contributed by atoms with Gasteiger partial charge in [-0.15, -0.1) is 0 Å². The van der Waals surface area contributed by atoms with E-state index in [1.165, 1.54) is 24.3 Å². The van der Waals surface area contributed by atoms with Crippen LogP contribution in [0.25, 0.3) is 0 Å². The molecule has 32 heavy (non-hydrogen) atoms. The summed E-state index contributed by atoms with van der Waals surface area (Å²) in [5, 5.41) is 29.6. The summed E-state index contributed by atoms with van der Waals surface area (Å²) in [5.74, 6) is -0.341. The van der Waals surface area contributed by atoms with Crippen molar-refractivity contribution < 1.29 is 19.0 Å². The van der Waals surface area contributed by atoms with Crippen molar-refractivity contribution in [3.05, 3.63) is 71.3 Å². The van der Waals surface area contributed by atoms with Gasteiger partial charge in [0.25, 0.3) is 0 Å². The van der Waals surface area contributed by atoms with Crippen molar-refractivity contribution in [1.82, 2.24) is 15.0 Å². The van der Waals surface area contributed by atoms with E-state index in [-0.39, 0.29) is 42.2 Å². The lowest BCUT2D eigenvalue weighted by Crippen LogP contribution is -2.19. The number of hydrogen-bond donors (Lipinski definition) is 5. The maximum Gasteiger partial charge on any atom is 0.229 e. The molecule has 2 aromatic carbocycles. The van der Waals surface area contributed by atoms with Gasteiger partial charge in [-0.05, 0) is 25.0 Å². The molecule has 0 amide bonds. The number of aliphatic hydroxyl groups excluding tert-OH is 2. The molecule has 5 N–H and O–H groups in total. The Kier molecular flexibility index (Phi) is 6.72. The van der Waals surface area contributed by atoms with E-state index in [9.17, 15) is 19.0 Å². The first-order valence-corrected chi connectivity index (χ1v) is 10.3. The van der Waals surface area contributed by atoms with E-state index >= 15 is 0 Å². The average Bonchev–Trinajstić information content (AvgIpc) is 3.60. The Hall–Kier alpha value is -3.37. The van der Waals surface area contributed by atoms with Crippen molar-refractivity contribution in [3.8, 4) is 0 Å². The molecule has 1 heterocycles. The fourth-order valence-electron chi connectivity index (χ4n) is 3.10. The fraction of sp³-hybridized carbons (Fsp3) is 0.318. The molecule has 168 valence electrons. The Bertz CT molecular complexity index is 992. The van der Waals surface area contributed by atoms with Gasteiger partial charge in [0.15, 0.2) is 0 Å². The summed E-state index contributed by atoms with van der Waals surface area (Å²) >= 11 is 0. The van der Waals surface area contributed by atoms with Crippen LogP contribution in [0, 0.1) is 11.6 Å². The van der Waals surface area contributed by atoms with Crippen LogP contribution in [0.1, 0.15) is 36.2 Å². The number of benzene rings is 2. The summed E-state index contributed by atoms with van der Waals surface area (Å²) < 4.78 is 27.8. The molecule has 1 aromatic heterocycles. The lowest BCUT2D eigenvalue weighted by Gasteiger charge is -2.16. The fourth-order valence-corrected chi connectivity index (χ4v) is 3.10. The maximum absolute atomic E-state index is 13.9. The van der Waals surface area contributed by atoms with Crippen LogP contribution in [0.3, 0.4) is 0 Å². The summed E-state index contributed by atoms with van der Waals surface area (Å²) in [6.45, 7) is -0.0454. The maximum atomic E-state index is 13.9. The number of aromatic nitrogens is 3. The molecule has 0 bridgehead atoms. The number of nitrogens with one attached hydrogen (secondary N) is 3. The molecule has 10 heteroatoms. The average molecular weight is 442 g/mol. The van der Waals surface area contributed by atoms with E-state index in [4.69, 9.17) is 0 Å². The minimum atomic E-state index is -1.10. The highest BCUT2D eigenvalue weighted by molar-refractivity contribution is 5.43. The van der Waals surface area contributed by atoms with Crippen molar-refractivity contribution in [2.45, 2.75) is 31.1 Å². The molecular formula is C22H24F2N6O2. The third-order valence-corrected chi connectivity index (χ3v) is 4.98. The number of rotatable bonds is 10. The van der Waals surface area contributed by atoms with Gasteiger partial charge in [0.05, 0.1) is 12.2 Å². The first kappa shape index (κ1) is 21.8. The minimum absolute atomic E-state index is 0.0227. The van der Waals surface area contributed by atoms with Gasteiger partial charge in [0, 0.05) is 30.3 Å². The molecule has 1 aliphatic carbocycles. The molecular weight excluding hydrogens is 418 g/mol. The van der Waals surface area contributed by atoms with Crippen molar-refractivity contribution in [2.75, 3.05) is 29.0 Å². The molecule has 8 nitrogen and oxygen atoms in total. The van der Waals surface area contributed by atoms with Crippen LogP contribution in [-0.4, -0.2) is 44.3 Å². The molecule has 3 aromatic rings. The molecule has 0 radical (unpaired) electrons. The minimum Gasteiger partial charge on any atom is -0.386 e. The van der Waals surface area contributed by atoms with Crippen molar-refractivity contribution in [1.29, 1.82) is 0 Å². The topological polar surface area (TPSA) is 115 Å². The zero-order chi connectivity index (χ0) is 22.5. The molecule has 1 aliphatic rings. The van der Waals surface area contributed by atoms with E-state index in [0.717, 1.165) is 12.8 Å². The van der Waals surface area contributed by atoms with Crippen molar-refractivity contribution >= 4 is 17.8 Å². The van der Waals surface area contributed by atoms with Gasteiger partial charge in [-0.2, -0.15) is 15.0 Å². The third kappa shape index (κ3) is 5.65. The van der Waals surface area contributed by atoms with Gasteiger partial charge in [0.1, 0.15) is 11.6 Å². The predicted molar refractivity (Wildman–Crippen MR) is 116 cm³/mol. The molecule has 0 saturated heterocycles. The van der Waals surface area contributed by atoms with Gasteiger partial charge >= 0.3 is 0 Å². The zero-order valence-electron chi connectivity index (χ0n) is 17.2. The van der Waals surface area contributed by atoms with E-state index < -0.39 is 23.8 Å². The lowest BCUT2D eigenvalue weighted by molar-refractivity contribution is 0.186. The number of halogens is 2. The van der Waals surface area contributed by atoms with Crippen LogP contribution >= 0.6 is 0 Å². The van der Waals surface area contributed by atoms with Crippen LogP contribution in [0.2, 0.25) is 0 Å². The molecule has 4 rings (SSSR count). The van der Waals surface area contributed by atoms with Crippen LogP contribution in [-0.2, 0) is 0 Å². The lowest BCUT2D eigenvalue weighted by atomic mass is 10.1. The Morgan fingerprint density at radius 2 is 1.19 bits per heavy atom. The Balaban J connectivity index is 1.44. The zero-order valence-corrected chi connectivity index (χ0v) is 17.2. The van der Waals surface area contributed by atoms with Gasteiger partial charge < -0.3 is 26.2 Å². The number of anilines is 3. The second kappa shape index (κ2) is 9.84. The van der Waals surface area contributed by atoms with E-state index in [1.54, 1.807) is 24.3 Å². The van der Waals surface area contributed by atoms with E-state index in [2.05, 4.69) is 30.9 Å². The second-order valence-electron chi connectivity index (χ2n) is 7.56. The Morgan fingerprint density at radius 3 is 1.62 bits per heavy atom. The van der Waals surface area contributed by atoms with Gasteiger partial charge in [-0.3, -0.25) is 0 Å². The summed E-state index contributed by atoms with van der Waals surface area (Å²) in [5.41, 5.74) is 0.327. The normalized spacial score (nSPS) is 15.1. The van der Waals surface area contributed by atoms with Crippen molar-refractivity contribution in [2.24, 2.45) is 0 Å². The van der Waals surface area contributed by atoms with Gasteiger partial charge in [-0.1, -0.05) is 36.4 Å². The molecule has 1 fully saturated rings. The van der Waals surface area contributed by atoms with Crippen LogP contribution < -0.4 is 16.0 Å². The molecule has 2 unspecified atom stereocenters. The van der Waals surface area contributed by atoms with Gasteiger partial charge in [-0.25, -0.2) is 8.78 Å². The number of hydrogen-bond acceptors (Lipinski definition) is 8. The highest BCUT2D eigenvalue weighted by Gasteiger charge is 2.23. The first-order chi connectivity index (χ1) is 15.5. The quantitative estimate of drug-likeness (QED) is 0.326. The van der Waals surface area contributed by atoms with Gasteiger partial charge in [0.2, 0.25) is 17.8 Å². The highest BCUT2D eigenvalue weighted by Crippen LogP contribution is 2.24.